The topological polar surface area (TPSA) is 79.0 Å². The van der Waals surface area contributed by atoms with Gasteiger partial charge in [0.2, 0.25) is 0 Å². The smallest absolute Gasteiger partial charge is 0.257 e. The van der Waals surface area contributed by atoms with Crippen molar-refractivity contribution < 1.29 is 8.42 Å². The molecule has 0 aliphatic heterocycles. The highest BCUT2D eigenvalue weighted by Gasteiger charge is 2.03. The largest absolute Gasteiger partial charge is 0.372 e. The maximum absolute atomic E-state index is 11.8. The lowest BCUT2D eigenvalue weighted by molar-refractivity contribution is 0.600. The first-order chi connectivity index (χ1) is 8.96. The number of anilines is 1. The average Bonchev–Trinajstić information content (AvgIpc) is 2.34. The summed E-state index contributed by atoms with van der Waals surface area (Å²) in [5, 5.41) is 4.53. The number of sulfone groups is 1. The number of H-pyrrole nitrogens is 1. The third-order valence-corrected chi connectivity index (χ3v) is 3.79. The van der Waals surface area contributed by atoms with Crippen molar-refractivity contribution in [2.45, 2.75) is 6.42 Å². The van der Waals surface area contributed by atoms with E-state index in [1.807, 2.05) is 24.3 Å². The second kappa shape index (κ2) is 5.44. The fourth-order valence-corrected chi connectivity index (χ4v) is 2.53. The Kier molecular flexibility index (Phi) is 3.90. The van der Waals surface area contributed by atoms with E-state index in [0.29, 0.717) is 24.2 Å². The van der Waals surface area contributed by atoms with Gasteiger partial charge in [0.1, 0.15) is 15.7 Å². The first-order valence-electron chi connectivity index (χ1n) is 5.99. The number of fused-ring (bicyclic) bond motifs is 1. The number of nitrogens with one attached hydrogen (secondary N) is 2. The molecule has 0 spiro atoms. The molecule has 0 amide bonds. The van der Waals surface area contributed by atoms with E-state index < -0.39 is 9.84 Å². The summed E-state index contributed by atoms with van der Waals surface area (Å²) in [6, 6.07) is 9.16. The van der Waals surface area contributed by atoms with E-state index in [2.05, 4.69) is 10.3 Å². The minimum Gasteiger partial charge on any atom is -0.372 e. The molecule has 1 aromatic heterocycles. The Morgan fingerprint density at radius 1 is 1.26 bits per heavy atom. The van der Waals surface area contributed by atoms with E-state index in [1.165, 1.54) is 6.26 Å². The summed E-state index contributed by atoms with van der Waals surface area (Å²) in [7, 11) is -2.93. The molecule has 0 unspecified atom stereocenters. The Morgan fingerprint density at radius 3 is 2.74 bits per heavy atom. The summed E-state index contributed by atoms with van der Waals surface area (Å²) in [4.78, 5) is 14.5. The minimum atomic E-state index is -2.93. The molecule has 2 rings (SSSR count). The van der Waals surface area contributed by atoms with Gasteiger partial charge in [-0.1, -0.05) is 18.2 Å². The van der Waals surface area contributed by atoms with E-state index in [0.717, 1.165) is 5.39 Å². The zero-order valence-corrected chi connectivity index (χ0v) is 11.5. The Balaban J connectivity index is 2.08. The van der Waals surface area contributed by atoms with Crippen LogP contribution < -0.4 is 10.9 Å². The Labute approximate surface area is 111 Å². The van der Waals surface area contributed by atoms with E-state index in [9.17, 15) is 13.2 Å². The SMILES string of the molecule is CS(=O)(=O)CCCNc1cc2ccccc2c(=O)[nH]1. The highest BCUT2D eigenvalue weighted by atomic mass is 32.2. The molecule has 5 nitrogen and oxygen atoms in total. The highest BCUT2D eigenvalue weighted by Crippen LogP contribution is 2.12. The predicted molar refractivity (Wildman–Crippen MR) is 77.4 cm³/mol. The molecule has 6 heteroatoms. The fraction of sp³-hybridized carbons (Fsp3) is 0.308. The first-order valence-corrected chi connectivity index (χ1v) is 8.05. The summed E-state index contributed by atoms with van der Waals surface area (Å²) in [6.45, 7) is 0.501. The van der Waals surface area contributed by atoms with Crippen LogP contribution in [-0.2, 0) is 9.84 Å². The van der Waals surface area contributed by atoms with Gasteiger partial charge in [-0.3, -0.25) is 4.79 Å². The molecule has 0 aliphatic carbocycles. The van der Waals surface area contributed by atoms with Crippen LogP contribution in [0.1, 0.15) is 6.42 Å². The molecule has 0 atom stereocenters. The van der Waals surface area contributed by atoms with Gasteiger partial charge in [-0.25, -0.2) is 8.42 Å². The summed E-state index contributed by atoms with van der Waals surface area (Å²) in [5.74, 6) is 0.745. The Hall–Kier alpha value is -1.82. The number of hydrogen-bond acceptors (Lipinski definition) is 4. The molecular formula is C13H16N2O3S. The number of rotatable bonds is 5. The van der Waals surface area contributed by atoms with Crippen molar-refractivity contribution in [1.29, 1.82) is 0 Å². The van der Waals surface area contributed by atoms with Crippen LogP contribution in [0, 0.1) is 0 Å². The number of pyridine rings is 1. The minimum absolute atomic E-state index is 0.137. The quantitative estimate of drug-likeness (QED) is 0.811. The second-order valence-electron chi connectivity index (χ2n) is 4.51. The maximum atomic E-state index is 11.8. The Morgan fingerprint density at radius 2 is 2.00 bits per heavy atom. The second-order valence-corrected chi connectivity index (χ2v) is 6.77. The summed E-state index contributed by atoms with van der Waals surface area (Å²) in [5.41, 5.74) is -0.149. The van der Waals surface area contributed by atoms with Crippen LogP contribution in [0.25, 0.3) is 10.8 Å². The fourth-order valence-electron chi connectivity index (χ4n) is 1.86. The molecule has 0 radical (unpaired) electrons. The van der Waals surface area contributed by atoms with Crippen molar-refractivity contribution in [3.63, 3.8) is 0 Å². The molecule has 2 aromatic rings. The highest BCUT2D eigenvalue weighted by molar-refractivity contribution is 7.90. The average molecular weight is 280 g/mol. The van der Waals surface area contributed by atoms with Crippen molar-refractivity contribution in [3.8, 4) is 0 Å². The van der Waals surface area contributed by atoms with Crippen LogP contribution in [0.4, 0.5) is 5.82 Å². The monoisotopic (exact) mass is 280 g/mol. The van der Waals surface area contributed by atoms with Gasteiger partial charge in [0.25, 0.3) is 5.56 Å². The van der Waals surface area contributed by atoms with Gasteiger partial charge in [-0.15, -0.1) is 0 Å². The van der Waals surface area contributed by atoms with Gasteiger partial charge in [-0.05, 0) is 23.9 Å². The van der Waals surface area contributed by atoms with Gasteiger partial charge in [0, 0.05) is 18.2 Å². The zero-order chi connectivity index (χ0) is 13.9. The van der Waals surface area contributed by atoms with Gasteiger partial charge in [0.05, 0.1) is 5.75 Å². The van der Waals surface area contributed by atoms with E-state index in [-0.39, 0.29) is 11.3 Å². The van der Waals surface area contributed by atoms with E-state index >= 15 is 0 Å². The van der Waals surface area contributed by atoms with Gasteiger partial charge in [-0.2, -0.15) is 0 Å². The number of benzene rings is 1. The third-order valence-electron chi connectivity index (χ3n) is 2.76. The third kappa shape index (κ3) is 3.82. The van der Waals surface area contributed by atoms with Crippen molar-refractivity contribution in [3.05, 3.63) is 40.7 Å². The molecule has 0 fully saturated rings. The summed E-state index contributed by atoms with van der Waals surface area (Å²) >= 11 is 0. The Bertz CT molecular complexity index is 735. The van der Waals surface area contributed by atoms with Gasteiger partial charge in [0.15, 0.2) is 0 Å². The van der Waals surface area contributed by atoms with Crippen LogP contribution in [0.2, 0.25) is 0 Å². The van der Waals surface area contributed by atoms with Gasteiger partial charge < -0.3 is 10.3 Å². The number of aromatic amines is 1. The zero-order valence-electron chi connectivity index (χ0n) is 10.6. The lowest BCUT2D eigenvalue weighted by Gasteiger charge is -2.06. The molecule has 1 aromatic carbocycles. The molecule has 0 aliphatic rings. The van der Waals surface area contributed by atoms with Crippen molar-refractivity contribution >= 4 is 26.4 Å². The van der Waals surface area contributed by atoms with Crippen molar-refractivity contribution in [1.82, 2.24) is 4.98 Å². The standard InChI is InChI=1S/C13H16N2O3S/c1-19(17,18)8-4-7-14-12-9-10-5-2-3-6-11(10)13(16)15-12/h2-3,5-6,9H,4,7-8H2,1H3,(H2,14,15,16). The summed E-state index contributed by atoms with van der Waals surface area (Å²) < 4.78 is 22.0. The molecule has 0 saturated carbocycles. The van der Waals surface area contributed by atoms with Crippen LogP contribution in [0.15, 0.2) is 35.1 Å². The maximum Gasteiger partial charge on any atom is 0.257 e. The van der Waals surface area contributed by atoms with Crippen LogP contribution in [0.3, 0.4) is 0 Å². The summed E-state index contributed by atoms with van der Waals surface area (Å²) in [6.07, 6.45) is 1.72. The molecule has 0 saturated heterocycles. The lowest BCUT2D eigenvalue weighted by atomic mass is 10.2. The van der Waals surface area contributed by atoms with Crippen molar-refractivity contribution in [2.75, 3.05) is 23.9 Å². The van der Waals surface area contributed by atoms with Crippen LogP contribution in [-0.4, -0.2) is 32.0 Å². The normalized spacial score (nSPS) is 11.6. The molecule has 102 valence electrons. The lowest BCUT2D eigenvalue weighted by Crippen LogP contribution is -2.14. The van der Waals surface area contributed by atoms with Crippen LogP contribution in [0.5, 0.6) is 0 Å². The number of hydrogen-bond donors (Lipinski definition) is 2. The molecule has 19 heavy (non-hydrogen) atoms. The first kappa shape index (κ1) is 13.6. The van der Waals surface area contributed by atoms with Crippen LogP contribution >= 0.6 is 0 Å². The molecule has 1 heterocycles. The molecule has 2 N–H and O–H groups in total. The van der Waals surface area contributed by atoms with E-state index in [1.54, 1.807) is 6.07 Å². The molecule has 0 bridgehead atoms. The molecular weight excluding hydrogens is 264 g/mol. The van der Waals surface area contributed by atoms with Gasteiger partial charge >= 0.3 is 0 Å². The number of aromatic nitrogens is 1. The van der Waals surface area contributed by atoms with E-state index in [4.69, 9.17) is 0 Å². The van der Waals surface area contributed by atoms with Crippen molar-refractivity contribution in [2.24, 2.45) is 0 Å². The predicted octanol–water partition coefficient (Wildman–Crippen LogP) is 1.37.